The zero-order valence-corrected chi connectivity index (χ0v) is 17.2. The van der Waals surface area contributed by atoms with Crippen LogP contribution in [0.25, 0.3) is 29.0 Å². The Hall–Kier alpha value is -2.76. The molecule has 0 fully saturated rings. The maximum absolute atomic E-state index is 13.5. The average molecular weight is 421 g/mol. The summed E-state index contributed by atoms with van der Waals surface area (Å²) in [7, 11) is -4.29. The third-order valence-electron chi connectivity index (χ3n) is 6.23. The molecule has 3 aromatic carbocycles. The van der Waals surface area contributed by atoms with Crippen LogP contribution in [0, 0.1) is 11.7 Å². The summed E-state index contributed by atoms with van der Waals surface area (Å²) in [4.78, 5) is 0. The van der Waals surface area contributed by atoms with Crippen LogP contribution in [0.15, 0.2) is 54.6 Å². The van der Waals surface area contributed by atoms with Crippen molar-refractivity contribution in [3.05, 3.63) is 87.6 Å². The molecule has 152 valence electrons. The van der Waals surface area contributed by atoms with Gasteiger partial charge in [-0.15, -0.1) is 0 Å². The second-order valence-corrected chi connectivity index (χ2v) is 9.77. The zero-order valence-electron chi connectivity index (χ0n) is 16.4. The first-order valence-corrected chi connectivity index (χ1v) is 11.5. The summed E-state index contributed by atoms with van der Waals surface area (Å²) in [6, 6.07) is 14.0. The molecule has 0 spiro atoms. The highest BCUT2D eigenvalue weighted by atomic mass is 32.2. The van der Waals surface area contributed by atoms with E-state index < -0.39 is 21.3 Å². The van der Waals surface area contributed by atoms with Gasteiger partial charge in [-0.2, -0.15) is 8.42 Å². The summed E-state index contributed by atoms with van der Waals surface area (Å²) in [5.41, 5.74) is 2.68. The molecule has 2 aliphatic carbocycles. The Labute approximate surface area is 174 Å². The quantitative estimate of drug-likeness (QED) is 0.638. The van der Waals surface area contributed by atoms with Crippen molar-refractivity contribution in [3.8, 4) is 0 Å². The van der Waals surface area contributed by atoms with Crippen LogP contribution in [0.4, 0.5) is 4.39 Å². The van der Waals surface area contributed by atoms with E-state index in [1.807, 2.05) is 18.2 Å². The standard InChI is InChI=1S/C25H21FO3S/c1-15-2-3-16-6-9-19-20-12-13-24(30(27,28)29)25(17-4-7-18(26)8-5-17)22(20)11-10-21(19)23(16)14-15/h2-12,14-15,24-25H,13H2,1H3,(H,27,28,29). The molecule has 3 nitrogen and oxygen atoms in total. The predicted molar refractivity (Wildman–Crippen MR) is 119 cm³/mol. The second-order valence-electron chi connectivity index (χ2n) is 8.14. The molecule has 0 bridgehead atoms. The minimum Gasteiger partial charge on any atom is -0.285 e. The van der Waals surface area contributed by atoms with Crippen LogP contribution >= 0.6 is 0 Å². The van der Waals surface area contributed by atoms with Gasteiger partial charge < -0.3 is 0 Å². The molecule has 3 aromatic rings. The normalized spacial score (nSPS) is 22.7. The molecule has 3 unspecified atom stereocenters. The largest absolute Gasteiger partial charge is 0.285 e. The molecule has 1 N–H and O–H groups in total. The fourth-order valence-corrected chi connectivity index (χ4v) is 5.81. The Morgan fingerprint density at radius 2 is 1.67 bits per heavy atom. The van der Waals surface area contributed by atoms with E-state index in [1.165, 1.54) is 22.9 Å². The molecule has 0 aliphatic heterocycles. The lowest BCUT2D eigenvalue weighted by molar-refractivity contribution is 0.459. The molecule has 0 amide bonds. The Balaban J connectivity index is 1.80. The summed E-state index contributed by atoms with van der Waals surface area (Å²) >= 11 is 0. The monoisotopic (exact) mass is 420 g/mol. The van der Waals surface area contributed by atoms with Crippen LogP contribution < -0.4 is 10.4 Å². The van der Waals surface area contributed by atoms with E-state index in [4.69, 9.17) is 0 Å². The van der Waals surface area contributed by atoms with Gasteiger partial charge in [0.05, 0.1) is 0 Å². The Bertz CT molecular complexity index is 1420. The van der Waals surface area contributed by atoms with Gasteiger partial charge in [0.25, 0.3) is 10.1 Å². The summed E-state index contributed by atoms with van der Waals surface area (Å²) < 4.78 is 47.8. The molecule has 0 saturated heterocycles. The molecule has 0 radical (unpaired) electrons. The van der Waals surface area contributed by atoms with Gasteiger partial charge in [0.15, 0.2) is 0 Å². The summed E-state index contributed by atoms with van der Waals surface area (Å²) in [5, 5.41) is 3.36. The van der Waals surface area contributed by atoms with Crippen molar-refractivity contribution in [3.63, 3.8) is 0 Å². The van der Waals surface area contributed by atoms with E-state index >= 15 is 0 Å². The second kappa shape index (κ2) is 6.89. The molecular weight excluding hydrogens is 399 g/mol. The number of hydrogen-bond donors (Lipinski definition) is 1. The van der Waals surface area contributed by atoms with Gasteiger partial charge in [0.2, 0.25) is 0 Å². The topological polar surface area (TPSA) is 54.4 Å². The lowest BCUT2D eigenvalue weighted by Gasteiger charge is -2.29. The van der Waals surface area contributed by atoms with E-state index in [-0.39, 0.29) is 12.2 Å². The maximum atomic E-state index is 13.5. The van der Waals surface area contributed by atoms with E-state index in [1.54, 1.807) is 12.1 Å². The van der Waals surface area contributed by atoms with Crippen molar-refractivity contribution in [1.82, 2.24) is 0 Å². The lowest BCUT2D eigenvalue weighted by Crippen LogP contribution is -2.35. The van der Waals surface area contributed by atoms with Crippen molar-refractivity contribution in [2.45, 2.75) is 24.5 Å². The van der Waals surface area contributed by atoms with Gasteiger partial charge in [0, 0.05) is 5.92 Å². The minimum absolute atomic E-state index is 0.199. The van der Waals surface area contributed by atoms with Crippen LogP contribution in [0.5, 0.6) is 0 Å². The third kappa shape index (κ3) is 3.09. The number of benzene rings is 3. The fourth-order valence-electron chi connectivity index (χ4n) is 4.82. The highest BCUT2D eigenvalue weighted by molar-refractivity contribution is 7.86. The van der Waals surface area contributed by atoms with Gasteiger partial charge in [-0.3, -0.25) is 4.55 Å². The SMILES string of the molecule is CC1C=Cc2ccc3c4c(ccc3c2=C1)C(c1ccc(F)cc1)C(S(=O)(=O)O)CC=4. The minimum atomic E-state index is -4.29. The fraction of sp³-hybridized carbons (Fsp3) is 0.200. The Kier molecular flexibility index (Phi) is 4.42. The van der Waals surface area contributed by atoms with Crippen LogP contribution in [-0.4, -0.2) is 18.2 Å². The van der Waals surface area contributed by atoms with Crippen LogP contribution in [0.3, 0.4) is 0 Å². The number of allylic oxidation sites excluding steroid dienone is 1. The first kappa shape index (κ1) is 19.2. The summed E-state index contributed by atoms with van der Waals surface area (Å²) in [6.07, 6.45) is 8.65. The number of halogens is 1. The van der Waals surface area contributed by atoms with E-state index in [0.29, 0.717) is 11.5 Å². The van der Waals surface area contributed by atoms with Crippen LogP contribution in [0.2, 0.25) is 0 Å². The predicted octanol–water partition coefficient (Wildman–Crippen LogP) is 3.99. The van der Waals surface area contributed by atoms with Gasteiger partial charge in [-0.25, -0.2) is 4.39 Å². The molecule has 30 heavy (non-hydrogen) atoms. The molecule has 0 saturated carbocycles. The van der Waals surface area contributed by atoms with Crippen molar-refractivity contribution >= 4 is 39.1 Å². The molecule has 5 rings (SSSR count). The van der Waals surface area contributed by atoms with Gasteiger partial charge in [-0.05, 0) is 62.4 Å². The lowest BCUT2D eigenvalue weighted by atomic mass is 9.80. The maximum Gasteiger partial charge on any atom is 0.269 e. The highest BCUT2D eigenvalue weighted by Gasteiger charge is 2.36. The first-order chi connectivity index (χ1) is 14.3. The number of fused-ring (bicyclic) bond motifs is 5. The first-order valence-electron chi connectivity index (χ1n) is 10.0. The smallest absolute Gasteiger partial charge is 0.269 e. The van der Waals surface area contributed by atoms with Crippen molar-refractivity contribution in [1.29, 1.82) is 0 Å². The van der Waals surface area contributed by atoms with E-state index in [9.17, 15) is 17.4 Å². The van der Waals surface area contributed by atoms with Gasteiger partial charge >= 0.3 is 0 Å². The van der Waals surface area contributed by atoms with E-state index in [0.717, 1.165) is 21.6 Å². The molecule has 0 aromatic heterocycles. The van der Waals surface area contributed by atoms with Crippen LogP contribution in [0.1, 0.15) is 36.0 Å². The van der Waals surface area contributed by atoms with Gasteiger partial charge in [0.1, 0.15) is 11.1 Å². The molecular formula is C25H21FO3S. The third-order valence-corrected chi connectivity index (χ3v) is 7.46. The molecule has 3 atom stereocenters. The van der Waals surface area contributed by atoms with Crippen LogP contribution in [-0.2, 0) is 10.1 Å². The highest BCUT2D eigenvalue weighted by Crippen LogP contribution is 2.35. The average Bonchev–Trinajstić information content (AvgIpc) is 2.72. The number of hydrogen-bond acceptors (Lipinski definition) is 2. The van der Waals surface area contributed by atoms with Crippen molar-refractivity contribution in [2.24, 2.45) is 5.92 Å². The zero-order chi connectivity index (χ0) is 21.0. The molecule has 2 aliphatic rings. The number of rotatable bonds is 2. The Morgan fingerprint density at radius 1 is 0.967 bits per heavy atom. The van der Waals surface area contributed by atoms with Crippen molar-refractivity contribution in [2.75, 3.05) is 0 Å². The summed E-state index contributed by atoms with van der Waals surface area (Å²) in [5.74, 6) is -0.601. The Morgan fingerprint density at radius 3 is 2.40 bits per heavy atom. The summed E-state index contributed by atoms with van der Waals surface area (Å²) in [6.45, 7) is 2.14. The van der Waals surface area contributed by atoms with E-state index in [2.05, 4.69) is 37.3 Å². The molecule has 0 heterocycles. The molecule has 5 heteroatoms. The van der Waals surface area contributed by atoms with Crippen molar-refractivity contribution < 1.29 is 17.4 Å². The van der Waals surface area contributed by atoms with Gasteiger partial charge in [-0.1, -0.05) is 67.6 Å².